The van der Waals surface area contributed by atoms with Gasteiger partial charge in [-0.3, -0.25) is 14.9 Å². The van der Waals surface area contributed by atoms with Crippen molar-refractivity contribution in [3.05, 3.63) is 27.8 Å². The third-order valence-corrected chi connectivity index (χ3v) is 3.01. The highest BCUT2D eigenvalue weighted by molar-refractivity contribution is 5.99. The van der Waals surface area contributed by atoms with E-state index in [1.54, 1.807) is 7.11 Å². The summed E-state index contributed by atoms with van der Waals surface area (Å²) in [6.45, 7) is 2.07. The zero-order valence-electron chi connectivity index (χ0n) is 13.4. The van der Waals surface area contributed by atoms with Gasteiger partial charge in [0.1, 0.15) is 5.56 Å². The van der Waals surface area contributed by atoms with E-state index in [4.69, 9.17) is 14.2 Å². The molecule has 9 heteroatoms. The molecule has 1 rings (SSSR count). The lowest BCUT2D eigenvalue weighted by atomic mass is 10.1. The van der Waals surface area contributed by atoms with Crippen molar-refractivity contribution in [1.29, 1.82) is 0 Å². The molecular formula is C14H21N3O6. The minimum absolute atomic E-state index is 0.0791. The molecule has 0 heterocycles. The van der Waals surface area contributed by atoms with Gasteiger partial charge in [0.15, 0.2) is 11.5 Å². The Kier molecular flexibility index (Phi) is 7.78. The summed E-state index contributed by atoms with van der Waals surface area (Å²) in [7, 11) is 4.36. The van der Waals surface area contributed by atoms with Crippen LogP contribution < -0.4 is 20.1 Å². The molecule has 0 saturated heterocycles. The molecule has 1 aromatic carbocycles. The number of carbonyl (C=O) groups is 1. The van der Waals surface area contributed by atoms with Crippen molar-refractivity contribution in [3.63, 3.8) is 0 Å². The Morgan fingerprint density at radius 2 is 1.78 bits per heavy atom. The van der Waals surface area contributed by atoms with Gasteiger partial charge < -0.3 is 24.8 Å². The third kappa shape index (κ3) is 5.38. The highest BCUT2D eigenvalue weighted by atomic mass is 16.6. The summed E-state index contributed by atoms with van der Waals surface area (Å²) in [5, 5.41) is 16.8. The van der Waals surface area contributed by atoms with Crippen molar-refractivity contribution in [2.75, 3.05) is 47.6 Å². The van der Waals surface area contributed by atoms with Crippen molar-refractivity contribution in [2.45, 2.75) is 0 Å². The van der Waals surface area contributed by atoms with E-state index in [1.165, 1.54) is 26.4 Å². The van der Waals surface area contributed by atoms with E-state index < -0.39 is 10.8 Å². The number of ether oxygens (including phenoxy) is 3. The molecule has 0 aliphatic heterocycles. The number of nitro benzene ring substituents is 1. The van der Waals surface area contributed by atoms with E-state index in [9.17, 15) is 14.9 Å². The molecule has 0 radical (unpaired) electrons. The fourth-order valence-electron chi connectivity index (χ4n) is 1.86. The van der Waals surface area contributed by atoms with E-state index in [0.29, 0.717) is 26.2 Å². The van der Waals surface area contributed by atoms with Gasteiger partial charge in [0.25, 0.3) is 11.6 Å². The number of benzene rings is 1. The van der Waals surface area contributed by atoms with Crippen LogP contribution in [0, 0.1) is 10.1 Å². The minimum atomic E-state index is -0.631. The molecule has 0 spiro atoms. The van der Waals surface area contributed by atoms with Crippen molar-refractivity contribution < 1.29 is 23.9 Å². The summed E-state index contributed by atoms with van der Waals surface area (Å²) in [6.07, 6.45) is 0. The normalized spacial score (nSPS) is 10.2. The van der Waals surface area contributed by atoms with Gasteiger partial charge in [-0.05, 0) is 0 Å². The number of hydrogen-bond acceptors (Lipinski definition) is 7. The van der Waals surface area contributed by atoms with E-state index in [2.05, 4.69) is 10.6 Å². The first kappa shape index (κ1) is 18.7. The van der Waals surface area contributed by atoms with Crippen LogP contribution in [0.25, 0.3) is 0 Å². The van der Waals surface area contributed by atoms with Gasteiger partial charge in [-0.25, -0.2) is 0 Å². The molecule has 0 aliphatic carbocycles. The van der Waals surface area contributed by atoms with Crippen LogP contribution in [0.3, 0.4) is 0 Å². The Hall–Kier alpha value is -2.39. The molecule has 0 fully saturated rings. The number of methoxy groups -OCH3 is 3. The minimum Gasteiger partial charge on any atom is -0.493 e. The number of amides is 1. The van der Waals surface area contributed by atoms with Gasteiger partial charge in [0.05, 0.1) is 31.8 Å². The maximum atomic E-state index is 12.2. The number of nitro groups is 1. The van der Waals surface area contributed by atoms with Crippen LogP contribution in [0.5, 0.6) is 11.5 Å². The lowest BCUT2D eigenvalue weighted by Crippen LogP contribution is -2.33. The second-order valence-electron chi connectivity index (χ2n) is 4.48. The molecule has 128 valence electrons. The van der Waals surface area contributed by atoms with Gasteiger partial charge in [-0.2, -0.15) is 0 Å². The van der Waals surface area contributed by atoms with Gasteiger partial charge >= 0.3 is 0 Å². The molecule has 9 nitrogen and oxygen atoms in total. The van der Waals surface area contributed by atoms with Crippen LogP contribution in [0.1, 0.15) is 10.4 Å². The highest BCUT2D eigenvalue weighted by Crippen LogP contribution is 2.34. The number of rotatable bonds is 10. The van der Waals surface area contributed by atoms with Gasteiger partial charge in [0, 0.05) is 32.8 Å². The summed E-state index contributed by atoms with van der Waals surface area (Å²) in [6, 6.07) is 2.47. The fourth-order valence-corrected chi connectivity index (χ4v) is 1.86. The van der Waals surface area contributed by atoms with Crippen LogP contribution in [-0.4, -0.2) is 58.4 Å². The molecule has 23 heavy (non-hydrogen) atoms. The van der Waals surface area contributed by atoms with E-state index in [-0.39, 0.29) is 22.7 Å². The zero-order chi connectivity index (χ0) is 17.2. The molecule has 0 aromatic heterocycles. The molecule has 0 atom stereocenters. The summed E-state index contributed by atoms with van der Waals surface area (Å²) >= 11 is 0. The smallest absolute Gasteiger partial charge is 0.286 e. The summed E-state index contributed by atoms with van der Waals surface area (Å²) < 4.78 is 15.0. The molecule has 1 aromatic rings. The molecule has 0 unspecified atom stereocenters. The highest BCUT2D eigenvalue weighted by Gasteiger charge is 2.24. The van der Waals surface area contributed by atoms with E-state index >= 15 is 0 Å². The number of nitrogens with zero attached hydrogens (tertiary/aromatic N) is 1. The summed E-state index contributed by atoms with van der Waals surface area (Å²) in [5.74, 6) is -0.107. The van der Waals surface area contributed by atoms with Crippen molar-refractivity contribution in [1.82, 2.24) is 10.6 Å². The lowest BCUT2D eigenvalue weighted by Gasteiger charge is -2.11. The first-order valence-electron chi connectivity index (χ1n) is 6.93. The average molecular weight is 327 g/mol. The van der Waals surface area contributed by atoms with Crippen LogP contribution in [-0.2, 0) is 4.74 Å². The first-order valence-corrected chi connectivity index (χ1v) is 6.93. The Morgan fingerprint density at radius 3 is 2.35 bits per heavy atom. The molecule has 0 saturated carbocycles. The largest absolute Gasteiger partial charge is 0.493 e. The van der Waals surface area contributed by atoms with Crippen LogP contribution in [0.15, 0.2) is 12.1 Å². The van der Waals surface area contributed by atoms with Crippen LogP contribution in [0.2, 0.25) is 0 Å². The monoisotopic (exact) mass is 327 g/mol. The van der Waals surface area contributed by atoms with Gasteiger partial charge in [-0.15, -0.1) is 0 Å². The standard InChI is InChI=1S/C14H21N3O6/c1-21-7-6-15-4-5-16-14(18)10-8-12(22-2)13(23-3)9-11(10)17(19)20/h8-9,15H,4-7H2,1-3H3,(H,16,18). The number of hydrogen-bond donors (Lipinski definition) is 2. The predicted molar refractivity (Wildman–Crippen MR) is 83.3 cm³/mol. The quantitative estimate of drug-likeness (QED) is 0.367. The maximum Gasteiger partial charge on any atom is 0.286 e. The van der Waals surface area contributed by atoms with Crippen molar-refractivity contribution in [3.8, 4) is 11.5 Å². The van der Waals surface area contributed by atoms with Crippen LogP contribution >= 0.6 is 0 Å². The molecular weight excluding hydrogens is 306 g/mol. The Bertz CT molecular complexity index is 550. The molecule has 0 aliphatic rings. The third-order valence-electron chi connectivity index (χ3n) is 3.01. The Morgan fingerprint density at radius 1 is 1.13 bits per heavy atom. The van der Waals surface area contributed by atoms with Crippen molar-refractivity contribution in [2.24, 2.45) is 0 Å². The maximum absolute atomic E-state index is 12.2. The second kappa shape index (κ2) is 9.59. The van der Waals surface area contributed by atoms with E-state index in [0.717, 1.165) is 0 Å². The van der Waals surface area contributed by atoms with Crippen molar-refractivity contribution >= 4 is 11.6 Å². The van der Waals surface area contributed by atoms with Gasteiger partial charge in [-0.1, -0.05) is 0 Å². The SMILES string of the molecule is COCCNCCNC(=O)c1cc(OC)c(OC)cc1[N+](=O)[O-]. The molecule has 1 amide bonds. The van der Waals surface area contributed by atoms with Crippen LogP contribution in [0.4, 0.5) is 5.69 Å². The van der Waals surface area contributed by atoms with Gasteiger partial charge in [0.2, 0.25) is 0 Å². The second-order valence-corrected chi connectivity index (χ2v) is 4.48. The summed E-state index contributed by atoms with van der Waals surface area (Å²) in [5.41, 5.74) is -0.419. The predicted octanol–water partition coefficient (Wildman–Crippen LogP) is 0.578. The number of nitrogens with one attached hydrogen (secondary N) is 2. The summed E-state index contributed by atoms with van der Waals surface area (Å²) in [4.78, 5) is 22.7. The molecule has 0 bridgehead atoms. The Labute approximate surface area is 134 Å². The fraction of sp³-hybridized carbons (Fsp3) is 0.500. The molecule has 2 N–H and O–H groups in total. The first-order chi connectivity index (χ1) is 11.0. The Balaban J connectivity index is 2.80. The lowest BCUT2D eigenvalue weighted by molar-refractivity contribution is -0.385. The zero-order valence-corrected chi connectivity index (χ0v) is 13.4. The number of carbonyl (C=O) groups excluding carboxylic acids is 1. The topological polar surface area (TPSA) is 112 Å². The average Bonchev–Trinajstić information content (AvgIpc) is 2.56. The van der Waals surface area contributed by atoms with E-state index in [1.807, 2.05) is 0 Å².